The highest BCUT2D eigenvalue weighted by molar-refractivity contribution is 7.13. The summed E-state index contributed by atoms with van der Waals surface area (Å²) in [6, 6.07) is 0.316. The van der Waals surface area contributed by atoms with E-state index in [2.05, 4.69) is 37.6 Å². The molecule has 0 aromatic carbocycles. The molecule has 102 valence electrons. The van der Waals surface area contributed by atoms with E-state index < -0.39 is 0 Å². The van der Waals surface area contributed by atoms with E-state index in [-0.39, 0.29) is 5.78 Å². The molecule has 0 fully saturated rings. The lowest BCUT2D eigenvalue weighted by molar-refractivity contribution is 0.102. The fraction of sp³-hybridized carbons (Fsp3) is 0.714. The first-order chi connectivity index (χ1) is 8.42. The molecule has 18 heavy (non-hydrogen) atoms. The minimum absolute atomic E-state index is 0.123. The summed E-state index contributed by atoms with van der Waals surface area (Å²) in [5, 5.41) is 1.08. The molecule has 0 saturated carbocycles. The lowest BCUT2D eigenvalue weighted by atomic mass is 10.0. The molecule has 0 saturated heterocycles. The van der Waals surface area contributed by atoms with Gasteiger partial charge in [0.15, 0.2) is 5.78 Å². The summed E-state index contributed by atoms with van der Waals surface area (Å²) in [4.78, 5) is 19.4. The molecule has 1 unspecified atom stereocenters. The first-order valence-corrected chi connectivity index (χ1v) is 7.46. The van der Waals surface area contributed by atoms with Crippen molar-refractivity contribution < 1.29 is 4.79 Å². The van der Waals surface area contributed by atoms with Gasteiger partial charge >= 0.3 is 0 Å². The molecular formula is C14H24N2OS. The van der Waals surface area contributed by atoms with Gasteiger partial charge in [-0.2, -0.15) is 0 Å². The molecule has 0 bridgehead atoms. The van der Waals surface area contributed by atoms with Crippen molar-refractivity contribution in [1.82, 2.24) is 9.88 Å². The number of Topliss-reactive ketones (excluding diaryl/α,β-unsaturated/α-hetero) is 1. The Labute approximate surface area is 114 Å². The van der Waals surface area contributed by atoms with Crippen LogP contribution in [-0.4, -0.2) is 28.8 Å². The third kappa shape index (κ3) is 3.18. The van der Waals surface area contributed by atoms with Gasteiger partial charge in [-0.25, -0.2) is 4.98 Å². The van der Waals surface area contributed by atoms with Crippen molar-refractivity contribution in [2.24, 2.45) is 5.92 Å². The van der Waals surface area contributed by atoms with Crippen LogP contribution in [0.1, 0.15) is 61.0 Å². The lowest BCUT2D eigenvalue weighted by Crippen LogP contribution is -2.31. The van der Waals surface area contributed by atoms with Crippen LogP contribution in [-0.2, 0) is 0 Å². The number of hydrogen-bond donors (Lipinski definition) is 0. The van der Waals surface area contributed by atoms with Crippen molar-refractivity contribution in [3.8, 4) is 0 Å². The average Bonchev–Trinajstić information content (AvgIpc) is 2.66. The molecule has 1 aromatic rings. The number of rotatable bonds is 6. The number of thiazole rings is 1. The Balaban J connectivity index is 3.14. The molecule has 0 radical (unpaired) electrons. The van der Waals surface area contributed by atoms with Gasteiger partial charge in [0, 0.05) is 6.92 Å². The molecule has 1 rings (SSSR count). The first-order valence-electron chi connectivity index (χ1n) is 6.64. The highest BCUT2D eigenvalue weighted by atomic mass is 32.1. The number of aromatic nitrogens is 1. The first kappa shape index (κ1) is 15.3. The summed E-state index contributed by atoms with van der Waals surface area (Å²) in [7, 11) is 0. The van der Waals surface area contributed by atoms with Gasteiger partial charge in [0.25, 0.3) is 0 Å². The van der Waals surface area contributed by atoms with E-state index in [4.69, 9.17) is 0 Å². The van der Waals surface area contributed by atoms with Crippen LogP contribution in [0.3, 0.4) is 0 Å². The van der Waals surface area contributed by atoms with Crippen LogP contribution < -0.4 is 0 Å². The molecule has 0 aliphatic rings. The predicted octanol–water partition coefficient (Wildman–Crippen LogP) is 3.69. The molecule has 0 aliphatic heterocycles. The number of carbonyl (C=O) groups excluding carboxylic acids is 1. The normalized spacial score (nSPS) is 13.3. The Morgan fingerprint density at radius 1 is 1.33 bits per heavy atom. The van der Waals surface area contributed by atoms with Crippen LogP contribution in [0.4, 0.5) is 0 Å². The predicted molar refractivity (Wildman–Crippen MR) is 77.4 cm³/mol. The van der Waals surface area contributed by atoms with Crippen LogP contribution in [0, 0.1) is 12.8 Å². The zero-order valence-corrected chi connectivity index (χ0v) is 13.1. The average molecular weight is 268 g/mol. The minimum Gasteiger partial charge on any atom is -0.294 e. The smallest absolute Gasteiger partial charge is 0.171 e. The number of carbonyl (C=O) groups is 1. The van der Waals surface area contributed by atoms with Gasteiger partial charge in [0.05, 0.1) is 16.6 Å². The van der Waals surface area contributed by atoms with E-state index in [9.17, 15) is 4.79 Å². The quantitative estimate of drug-likeness (QED) is 0.738. The SMILES string of the molecule is CCN(CC)C(c1nc(C)c(C(C)=O)s1)C(C)C. The third-order valence-corrected chi connectivity index (χ3v) is 4.55. The van der Waals surface area contributed by atoms with E-state index in [1.165, 1.54) is 0 Å². The van der Waals surface area contributed by atoms with Gasteiger partial charge < -0.3 is 0 Å². The van der Waals surface area contributed by atoms with Gasteiger partial charge in [0.1, 0.15) is 5.01 Å². The Morgan fingerprint density at radius 3 is 2.22 bits per heavy atom. The van der Waals surface area contributed by atoms with E-state index in [0.717, 1.165) is 28.7 Å². The molecule has 4 heteroatoms. The van der Waals surface area contributed by atoms with Crippen molar-refractivity contribution in [3.63, 3.8) is 0 Å². The third-order valence-electron chi connectivity index (χ3n) is 3.22. The van der Waals surface area contributed by atoms with Gasteiger partial charge in [-0.1, -0.05) is 27.7 Å². The van der Waals surface area contributed by atoms with Crippen LogP contribution in [0.15, 0.2) is 0 Å². The van der Waals surface area contributed by atoms with Gasteiger partial charge in [-0.15, -0.1) is 11.3 Å². The second kappa shape index (κ2) is 6.43. The maximum absolute atomic E-state index is 11.5. The molecule has 0 N–H and O–H groups in total. The van der Waals surface area contributed by atoms with E-state index >= 15 is 0 Å². The summed E-state index contributed by atoms with van der Waals surface area (Å²) in [6.45, 7) is 14.3. The second-order valence-corrected chi connectivity index (χ2v) is 5.96. The van der Waals surface area contributed by atoms with Crippen LogP contribution >= 0.6 is 11.3 Å². The Morgan fingerprint density at radius 2 is 1.89 bits per heavy atom. The second-order valence-electron chi connectivity index (χ2n) is 4.93. The molecule has 0 aliphatic carbocycles. The van der Waals surface area contributed by atoms with Gasteiger partial charge in [-0.05, 0) is 25.9 Å². The Kier molecular flexibility index (Phi) is 5.47. The standard InChI is InChI=1S/C14H24N2OS/c1-7-16(8-2)12(9(3)4)14-15-10(5)13(18-14)11(6)17/h9,12H,7-8H2,1-6H3. The van der Waals surface area contributed by atoms with E-state index in [0.29, 0.717) is 12.0 Å². The van der Waals surface area contributed by atoms with Crippen molar-refractivity contribution in [3.05, 3.63) is 15.6 Å². The van der Waals surface area contributed by atoms with Crippen LogP contribution in [0.25, 0.3) is 0 Å². The summed E-state index contributed by atoms with van der Waals surface area (Å²) in [5.41, 5.74) is 0.875. The fourth-order valence-corrected chi connectivity index (χ4v) is 3.62. The molecule has 0 spiro atoms. The molecule has 1 atom stereocenters. The summed E-state index contributed by atoms with van der Waals surface area (Å²) >= 11 is 1.56. The topological polar surface area (TPSA) is 33.2 Å². The highest BCUT2D eigenvalue weighted by Crippen LogP contribution is 2.33. The van der Waals surface area contributed by atoms with Gasteiger partial charge in [-0.3, -0.25) is 9.69 Å². The molecule has 0 amide bonds. The maximum Gasteiger partial charge on any atom is 0.171 e. The Bertz CT molecular complexity index is 408. The molecular weight excluding hydrogens is 244 g/mol. The number of hydrogen-bond acceptors (Lipinski definition) is 4. The molecule has 1 heterocycles. The summed E-state index contributed by atoms with van der Waals surface area (Å²) < 4.78 is 0. The lowest BCUT2D eigenvalue weighted by Gasteiger charge is -2.31. The maximum atomic E-state index is 11.5. The molecule has 3 nitrogen and oxygen atoms in total. The van der Waals surface area contributed by atoms with Crippen molar-refractivity contribution in [2.75, 3.05) is 13.1 Å². The highest BCUT2D eigenvalue weighted by Gasteiger charge is 2.26. The zero-order chi connectivity index (χ0) is 13.9. The van der Waals surface area contributed by atoms with Gasteiger partial charge in [0.2, 0.25) is 0 Å². The van der Waals surface area contributed by atoms with Crippen molar-refractivity contribution >= 4 is 17.1 Å². The van der Waals surface area contributed by atoms with E-state index in [1.54, 1.807) is 18.3 Å². The number of aryl methyl sites for hydroxylation is 1. The van der Waals surface area contributed by atoms with Crippen LogP contribution in [0.5, 0.6) is 0 Å². The Hall–Kier alpha value is -0.740. The van der Waals surface area contributed by atoms with Crippen LogP contribution in [0.2, 0.25) is 0 Å². The summed E-state index contributed by atoms with van der Waals surface area (Å²) in [6.07, 6.45) is 0. The largest absolute Gasteiger partial charge is 0.294 e. The van der Waals surface area contributed by atoms with Crippen molar-refractivity contribution in [1.29, 1.82) is 0 Å². The monoisotopic (exact) mass is 268 g/mol. The summed E-state index contributed by atoms with van der Waals surface area (Å²) in [5.74, 6) is 0.619. The fourth-order valence-electron chi connectivity index (χ4n) is 2.35. The molecule has 1 aromatic heterocycles. The number of ketones is 1. The van der Waals surface area contributed by atoms with E-state index in [1.807, 2.05) is 6.92 Å². The van der Waals surface area contributed by atoms with Crippen molar-refractivity contribution in [2.45, 2.75) is 47.6 Å². The minimum atomic E-state index is 0.123. The number of nitrogens with zero attached hydrogens (tertiary/aromatic N) is 2. The zero-order valence-electron chi connectivity index (χ0n) is 12.3.